The van der Waals surface area contributed by atoms with Crippen LogP contribution in [0.25, 0.3) is 5.70 Å². The van der Waals surface area contributed by atoms with Gasteiger partial charge in [-0.15, -0.1) is 10.2 Å². The Balaban J connectivity index is 1.90. The van der Waals surface area contributed by atoms with Crippen molar-refractivity contribution in [1.29, 1.82) is 0 Å². The van der Waals surface area contributed by atoms with Gasteiger partial charge in [-0.2, -0.15) is 0 Å². The third-order valence-corrected chi connectivity index (χ3v) is 4.72. The molecule has 0 fully saturated rings. The first-order valence-corrected chi connectivity index (χ1v) is 8.66. The Morgan fingerprint density at radius 2 is 1.96 bits per heavy atom. The number of allylic oxidation sites excluding steroid dienone is 1. The molecule has 6 heteroatoms. The molecule has 0 saturated carbocycles. The average molecular weight is 353 g/mol. The van der Waals surface area contributed by atoms with Crippen LogP contribution in [0.15, 0.2) is 42.0 Å². The molecule has 26 heavy (non-hydrogen) atoms. The molecule has 1 aliphatic heterocycles. The van der Waals surface area contributed by atoms with Gasteiger partial charge in [0.1, 0.15) is 5.82 Å². The fraction of sp³-hybridized carbons (Fsp3) is 0.350. The number of benzene rings is 1. The molecule has 0 N–H and O–H groups in total. The van der Waals surface area contributed by atoms with Gasteiger partial charge in [-0.25, -0.2) is 4.39 Å². The van der Waals surface area contributed by atoms with Crippen molar-refractivity contribution in [3.63, 3.8) is 0 Å². The van der Waals surface area contributed by atoms with E-state index in [1.807, 2.05) is 19.9 Å². The Morgan fingerprint density at radius 3 is 2.62 bits per heavy atom. The lowest BCUT2D eigenvalue weighted by Gasteiger charge is -2.36. The van der Waals surface area contributed by atoms with Crippen molar-refractivity contribution in [2.24, 2.45) is 4.99 Å². The lowest BCUT2D eigenvalue weighted by molar-refractivity contribution is 0.250. The molecule has 0 amide bonds. The summed E-state index contributed by atoms with van der Waals surface area (Å²) in [5.41, 5.74) is 3.74. The first kappa shape index (κ1) is 18.0. The second-order valence-electron chi connectivity index (χ2n) is 6.75. The molecule has 0 unspecified atom stereocenters. The van der Waals surface area contributed by atoms with Gasteiger partial charge in [-0.1, -0.05) is 25.3 Å². The number of hydrogen-bond donors (Lipinski definition) is 0. The van der Waals surface area contributed by atoms with E-state index in [4.69, 9.17) is 0 Å². The van der Waals surface area contributed by atoms with E-state index in [1.165, 1.54) is 0 Å². The Morgan fingerprint density at radius 1 is 1.23 bits per heavy atom. The van der Waals surface area contributed by atoms with Gasteiger partial charge in [-0.3, -0.25) is 4.99 Å². The van der Waals surface area contributed by atoms with Crippen molar-refractivity contribution < 1.29 is 4.39 Å². The zero-order valence-electron chi connectivity index (χ0n) is 15.8. The van der Waals surface area contributed by atoms with Crippen molar-refractivity contribution in [3.8, 4) is 0 Å². The molecule has 0 saturated heterocycles. The lowest BCUT2D eigenvalue weighted by Crippen LogP contribution is -2.36. The Kier molecular flexibility index (Phi) is 4.76. The lowest BCUT2D eigenvalue weighted by atomic mass is 10.1. The van der Waals surface area contributed by atoms with Gasteiger partial charge in [0.05, 0.1) is 11.8 Å². The van der Waals surface area contributed by atoms with E-state index in [9.17, 15) is 4.39 Å². The van der Waals surface area contributed by atoms with E-state index in [-0.39, 0.29) is 11.9 Å². The van der Waals surface area contributed by atoms with Gasteiger partial charge in [-0.05, 0) is 39.3 Å². The number of aryl methyl sites for hydroxylation is 1. The predicted octanol–water partition coefficient (Wildman–Crippen LogP) is 4.12. The van der Waals surface area contributed by atoms with Crippen LogP contribution >= 0.6 is 0 Å². The molecule has 1 aliphatic rings. The summed E-state index contributed by atoms with van der Waals surface area (Å²) in [6.45, 7) is 17.1. The first-order chi connectivity index (χ1) is 12.3. The maximum absolute atomic E-state index is 13.9. The molecule has 0 aliphatic carbocycles. The Labute approximate surface area is 153 Å². The van der Waals surface area contributed by atoms with Crippen LogP contribution in [0.3, 0.4) is 0 Å². The maximum atomic E-state index is 13.9. The number of rotatable bonds is 4. The van der Waals surface area contributed by atoms with Crippen LogP contribution in [0.5, 0.6) is 0 Å². The summed E-state index contributed by atoms with van der Waals surface area (Å²) in [6, 6.07) is 5.21. The summed E-state index contributed by atoms with van der Waals surface area (Å²) in [6.07, 6.45) is 0. The Bertz CT molecular complexity index is 909. The van der Waals surface area contributed by atoms with Crippen LogP contribution < -0.4 is 0 Å². The molecule has 0 bridgehead atoms. The van der Waals surface area contributed by atoms with Crippen LogP contribution in [0.4, 0.5) is 4.39 Å². The topological polar surface area (TPSA) is 46.3 Å². The van der Waals surface area contributed by atoms with Gasteiger partial charge in [0.15, 0.2) is 11.6 Å². The fourth-order valence-corrected chi connectivity index (χ4v) is 3.30. The van der Waals surface area contributed by atoms with Crippen LogP contribution in [0, 0.1) is 12.7 Å². The van der Waals surface area contributed by atoms with Gasteiger partial charge in [0.25, 0.3) is 0 Å². The fourth-order valence-electron chi connectivity index (χ4n) is 3.30. The summed E-state index contributed by atoms with van der Waals surface area (Å²) in [4.78, 5) is 6.54. The van der Waals surface area contributed by atoms with Crippen molar-refractivity contribution >= 4 is 11.4 Å². The number of aromatic nitrogens is 3. The SMILES string of the molecule is C=C(C)N=C(C)c1nnc2n1CCN(C(=C)c1ccc(C)c(F)c1)[C@@H]2C. The van der Waals surface area contributed by atoms with Crippen LogP contribution in [0.2, 0.25) is 0 Å². The zero-order chi connectivity index (χ0) is 19.0. The molecular formula is C20H24FN5. The quantitative estimate of drug-likeness (QED) is 0.777. The van der Waals surface area contributed by atoms with Crippen LogP contribution in [-0.4, -0.2) is 31.9 Å². The standard InChI is InChI=1S/C20H24FN5/c1-12(2)22-14(4)19-23-24-20-16(6)25(9-10-26(19)20)15(5)17-8-7-13(3)18(21)11-17/h7-8,11,16H,1,5,9-10H2,2-4,6H3/t16-/m1/s1. The minimum Gasteiger partial charge on any atom is -0.360 e. The first-order valence-electron chi connectivity index (χ1n) is 8.66. The predicted molar refractivity (Wildman–Crippen MR) is 102 cm³/mol. The third kappa shape index (κ3) is 3.19. The summed E-state index contributed by atoms with van der Waals surface area (Å²) in [5, 5.41) is 8.69. The zero-order valence-corrected chi connectivity index (χ0v) is 15.8. The highest BCUT2D eigenvalue weighted by atomic mass is 19.1. The molecule has 1 atom stereocenters. The molecule has 1 aromatic heterocycles. The molecule has 2 aromatic rings. The van der Waals surface area contributed by atoms with E-state index in [2.05, 4.69) is 44.7 Å². The van der Waals surface area contributed by atoms with Gasteiger partial charge in [0.2, 0.25) is 0 Å². The van der Waals surface area contributed by atoms with Crippen LogP contribution in [-0.2, 0) is 6.54 Å². The van der Waals surface area contributed by atoms with E-state index in [0.717, 1.165) is 47.4 Å². The van der Waals surface area contributed by atoms with Crippen LogP contribution in [0.1, 0.15) is 49.6 Å². The summed E-state index contributed by atoms with van der Waals surface area (Å²) in [7, 11) is 0. The van der Waals surface area contributed by atoms with E-state index in [1.54, 1.807) is 19.1 Å². The molecule has 0 radical (unpaired) electrons. The molecule has 0 spiro atoms. The van der Waals surface area contributed by atoms with Gasteiger partial charge >= 0.3 is 0 Å². The Hall–Kier alpha value is -2.76. The van der Waals surface area contributed by atoms with E-state index in [0.29, 0.717) is 5.56 Å². The highest BCUT2D eigenvalue weighted by Crippen LogP contribution is 2.32. The number of nitrogens with zero attached hydrogens (tertiary/aromatic N) is 5. The summed E-state index contributed by atoms with van der Waals surface area (Å²) >= 11 is 0. The second-order valence-corrected chi connectivity index (χ2v) is 6.75. The normalized spacial score (nSPS) is 17.2. The molecular weight excluding hydrogens is 329 g/mol. The largest absolute Gasteiger partial charge is 0.360 e. The highest BCUT2D eigenvalue weighted by molar-refractivity contribution is 5.96. The van der Waals surface area contributed by atoms with Crippen molar-refractivity contribution in [2.45, 2.75) is 40.3 Å². The highest BCUT2D eigenvalue weighted by Gasteiger charge is 2.30. The van der Waals surface area contributed by atoms with E-state index >= 15 is 0 Å². The molecule has 2 heterocycles. The minimum absolute atomic E-state index is 0.0144. The average Bonchev–Trinajstić information content (AvgIpc) is 3.01. The third-order valence-electron chi connectivity index (χ3n) is 4.72. The summed E-state index contributed by atoms with van der Waals surface area (Å²) in [5.74, 6) is 1.41. The smallest absolute Gasteiger partial charge is 0.178 e. The minimum atomic E-state index is -0.217. The number of halogens is 1. The van der Waals surface area contributed by atoms with Crippen molar-refractivity contribution in [3.05, 3.63) is 65.6 Å². The number of fused-ring (bicyclic) bond motifs is 1. The van der Waals surface area contributed by atoms with Gasteiger partial charge in [0, 0.05) is 30.0 Å². The molecule has 5 nitrogen and oxygen atoms in total. The van der Waals surface area contributed by atoms with Crippen molar-refractivity contribution in [1.82, 2.24) is 19.7 Å². The number of hydrogen-bond acceptors (Lipinski definition) is 4. The monoisotopic (exact) mass is 353 g/mol. The van der Waals surface area contributed by atoms with Gasteiger partial charge < -0.3 is 9.47 Å². The van der Waals surface area contributed by atoms with Crippen molar-refractivity contribution in [2.75, 3.05) is 6.54 Å². The summed E-state index contributed by atoms with van der Waals surface area (Å²) < 4.78 is 16.0. The second kappa shape index (κ2) is 6.86. The molecule has 1 aromatic carbocycles. The van der Waals surface area contributed by atoms with E-state index < -0.39 is 0 Å². The molecule has 3 rings (SSSR count). The number of aliphatic imine (C=N–C) groups is 1. The molecule has 136 valence electrons. The maximum Gasteiger partial charge on any atom is 0.178 e.